The first-order valence-corrected chi connectivity index (χ1v) is 7.49. The minimum Gasteiger partial charge on any atom is -0.546 e. The number of aliphatic carboxylic acids is 1. The van der Waals surface area contributed by atoms with Gasteiger partial charge in [0, 0.05) is 6.07 Å². The number of carboxylic acids is 1. The van der Waals surface area contributed by atoms with E-state index in [1.54, 1.807) is 0 Å². The van der Waals surface area contributed by atoms with Crippen LogP contribution in [0.3, 0.4) is 0 Å². The average Bonchev–Trinajstić information content (AvgIpc) is 2.54. The number of hydrogen-bond donors (Lipinski definition) is 0. The van der Waals surface area contributed by atoms with Crippen molar-refractivity contribution in [1.29, 1.82) is 0 Å². The first-order valence-electron chi connectivity index (χ1n) is 7.11. The van der Waals surface area contributed by atoms with Gasteiger partial charge in [0.2, 0.25) is 5.43 Å². The molecule has 0 atom stereocenters. The van der Waals surface area contributed by atoms with Crippen LogP contribution in [0.2, 0.25) is 5.02 Å². The molecule has 0 N–H and O–H groups in total. The van der Waals surface area contributed by atoms with E-state index in [1.807, 2.05) is 31.2 Å². The maximum Gasteiger partial charge on any atom is 0.202 e. The molecule has 0 amide bonds. The minimum atomic E-state index is -1.36. The summed E-state index contributed by atoms with van der Waals surface area (Å²) in [5, 5.41) is 10.8. The van der Waals surface area contributed by atoms with Gasteiger partial charge in [0.25, 0.3) is 0 Å². The number of halogens is 1. The van der Waals surface area contributed by atoms with Gasteiger partial charge in [0.15, 0.2) is 0 Å². The summed E-state index contributed by atoms with van der Waals surface area (Å²) in [4.78, 5) is 23.3. The van der Waals surface area contributed by atoms with Crippen LogP contribution in [0.15, 0.2) is 51.9 Å². The molecule has 6 heteroatoms. The van der Waals surface area contributed by atoms with Crippen molar-refractivity contribution in [3.05, 3.63) is 63.5 Å². The summed E-state index contributed by atoms with van der Waals surface area (Å²) in [5.41, 5.74) is 2.07. The summed E-state index contributed by atoms with van der Waals surface area (Å²) in [6.07, 6.45) is 1.37. The number of rotatable bonds is 4. The fraction of sp³-hybridized carbons (Fsp3) is 0.111. The third-order valence-corrected chi connectivity index (χ3v) is 3.89. The second-order valence-electron chi connectivity index (χ2n) is 5.23. The Bertz CT molecular complexity index is 990. The van der Waals surface area contributed by atoms with Crippen molar-refractivity contribution in [3.8, 4) is 16.9 Å². The molecule has 1 heterocycles. The lowest BCUT2D eigenvalue weighted by molar-refractivity contribution is -0.307. The Hall–Kier alpha value is -2.79. The molecule has 0 bridgehead atoms. The molecular formula is C18H12ClO5-. The highest BCUT2D eigenvalue weighted by Crippen LogP contribution is 2.30. The largest absolute Gasteiger partial charge is 0.546 e. The molecule has 3 aromatic rings. The number of hydrogen-bond acceptors (Lipinski definition) is 5. The third-order valence-electron chi connectivity index (χ3n) is 3.59. The van der Waals surface area contributed by atoms with Crippen molar-refractivity contribution >= 4 is 28.5 Å². The molecule has 3 rings (SSSR count). The standard InChI is InChI=1S/C18H13ClO5/c1-10-4-2-3-5-12(10)13-8-24-15-7-11(23-9-16(20)21)6-14(19)17(15)18(13)22/h2-8H,9H2,1H3,(H,20,21)/p-1. The molecule has 0 fully saturated rings. The highest BCUT2D eigenvalue weighted by molar-refractivity contribution is 6.35. The first-order chi connectivity index (χ1) is 11.5. The molecule has 0 radical (unpaired) electrons. The number of carboxylic acid groups (broad SMARTS) is 1. The van der Waals surface area contributed by atoms with Crippen LogP contribution in [0.5, 0.6) is 5.75 Å². The van der Waals surface area contributed by atoms with E-state index >= 15 is 0 Å². The number of carbonyl (C=O) groups is 1. The maximum atomic E-state index is 12.8. The molecule has 0 aliphatic heterocycles. The Morgan fingerprint density at radius 1 is 1.25 bits per heavy atom. The van der Waals surface area contributed by atoms with E-state index in [0.717, 1.165) is 11.1 Å². The number of benzene rings is 2. The van der Waals surface area contributed by atoms with E-state index in [2.05, 4.69) is 0 Å². The molecule has 0 aliphatic carbocycles. The molecular weight excluding hydrogens is 332 g/mol. The van der Waals surface area contributed by atoms with Crippen molar-refractivity contribution < 1.29 is 19.1 Å². The van der Waals surface area contributed by atoms with Gasteiger partial charge < -0.3 is 19.1 Å². The Morgan fingerprint density at radius 2 is 2.00 bits per heavy atom. The summed E-state index contributed by atoms with van der Waals surface area (Å²) in [6, 6.07) is 10.3. The van der Waals surface area contributed by atoms with E-state index in [-0.39, 0.29) is 27.2 Å². The smallest absolute Gasteiger partial charge is 0.202 e. The lowest BCUT2D eigenvalue weighted by Gasteiger charge is -2.10. The Morgan fingerprint density at radius 3 is 2.71 bits per heavy atom. The molecule has 0 spiro atoms. The van der Waals surface area contributed by atoms with Gasteiger partial charge in [0.1, 0.15) is 24.2 Å². The van der Waals surface area contributed by atoms with Crippen molar-refractivity contribution in [3.63, 3.8) is 0 Å². The Kier molecular flexibility index (Phi) is 4.27. The first kappa shape index (κ1) is 16.1. The molecule has 1 aromatic heterocycles. The van der Waals surface area contributed by atoms with Gasteiger partial charge in [0.05, 0.1) is 21.9 Å². The van der Waals surface area contributed by atoms with Crippen molar-refractivity contribution in [2.24, 2.45) is 0 Å². The predicted octanol–water partition coefficient (Wildman–Crippen LogP) is 2.55. The normalized spacial score (nSPS) is 10.8. The molecule has 0 aliphatic rings. The van der Waals surface area contributed by atoms with Gasteiger partial charge in [-0.3, -0.25) is 4.79 Å². The molecule has 2 aromatic carbocycles. The highest BCUT2D eigenvalue weighted by Gasteiger charge is 2.15. The van der Waals surface area contributed by atoms with Crippen molar-refractivity contribution in [2.75, 3.05) is 6.61 Å². The van der Waals surface area contributed by atoms with Crippen LogP contribution in [0.1, 0.15) is 5.56 Å². The average molecular weight is 344 g/mol. The van der Waals surface area contributed by atoms with Gasteiger partial charge in [-0.2, -0.15) is 0 Å². The maximum absolute atomic E-state index is 12.8. The van der Waals surface area contributed by atoms with Gasteiger partial charge >= 0.3 is 0 Å². The van der Waals surface area contributed by atoms with Crippen LogP contribution in [0, 0.1) is 6.92 Å². The SMILES string of the molecule is Cc1ccccc1-c1coc2cc(OCC(=O)[O-])cc(Cl)c2c1=O. The fourth-order valence-electron chi connectivity index (χ4n) is 2.47. The minimum absolute atomic E-state index is 0.130. The summed E-state index contributed by atoms with van der Waals surface area (Å²) >= 11 is 6.18. The van der Waals surface area contributed by atoms with Crippen LogP contribution < -0.4 is 15.3 Å². The molecule has 0 unspecified atom stereocenters. The second kappa shape index (κ2) is 6.37. The van der Waals surface area contributed by atoms with Crippen LogP contribution in [0.25, 0.3) is 22.1 Å². The molecule has 5 nitrogen and oxygen atoms in total. The van der Waals surface area contributed by atoms with Gasteiger partial charge in [-0.25, -0.2) is 0 Å². The van der Waals surface area contributed by atoms with Gasteiger partial charge in [-0.15, -0.1) is 0 Å². The predicted molar refractivity (Wildman–Crippen MR) is 88.2 cm³/mol. The number of aryl methyl sites for hydroxylation is 1. The Balaban J connectivity index is 2.15. The van der Waals surface area contributed by atoms with Gasteiger partial charge in [-0.05, 0) is 24.1 Å². The molecule has 122 valence electrons. The molecule has 0 saturated heterocycles. The summed E-state index contributed by atoms with van der Waals surface area (Å²) < 4.78 is 10.6. The number of fused-ring (bicyclic) bond motifs is 1. The fourth-order valence-corrected chi connectivity index (χ4v) is 2.75. The zero-order valence-corrected chi connectivity index (χ0v) is 13.4. The summed E-state index contributed by atoms with van der Waals surface area (Å²) in [5.74, 6) is -1.17. The van der Waals surface area contributed by atoms with Crippen LogP contribution in [-0.2, 0) is 4.79 Å². The molecule has 24 heavy (non-hydrogen) atoms. The third kappa shape index (κ3) is 2.98. The zero-order chi connectivity index (χ0) is 17.3. The lowest BCUT2D eigenvalue weighted by Crippen LogP contribution is -2.28. The summed E-state index contributed by atoms with van der Waals surface area (Å²) in [6.45, 7) is 1.28. The summed E-state index contributed by atoms with van der Waals surface area (Å²) in [7, 11) is 0. The highest BCUT2D eigenvalue weighted by atomic mass is 35.5. The van der Waals surface area contributed by atoms with Crippen LogP contribution in [-0.4, -0.2) is 12.6 Å². The molecule has 0 saturated carbocycles. The van der Waals surface area contributed by atoms with E-state index in [4.69, 9.17) is 20.8 Å². The van der Waals surface area contributed by atoms with E-state index < -0.39 is 12.6 Å². The quantitative estimate of drug-likeness (QED) is 0.727. The van der Waals surface area contributed by atoms with Crippen LogP contribution >= 0.6 is 11.6 Å². The number of ether oxygens (including phenoxy) is 1. The van der Waals surface area contributed by atoms with E-state index in [1.165, 1.54) is 18.4 Å². The monoisotopic (exact) mass is 343 g/mol. The zero-order valence-electron chi connectivity index (χ0n) is 12.7. The second-order valence-corrected chi connectivity index (χ2v) is 5.64. The van der Waals surface area contributed by atoms with Crippen molar-refractivity contribution in [1.82, 2.24) is 0 Å². The van der Waals surface area contributed by atoms with Gasteiger partial charge in [-0.1, -0.05) is 35.9 Å². The van der Waals surface area contributed by atoms with Crippen molar-refractivity contribution in [2.45, 2.75) is 6.92 Å². The number of carbonyl (C=O) groups excluding carboxylic acids is 1. The Labute approximate surface area is 142 Å². The van der Waals surface area contributed by atoms with E-state index in [9.17, 15) is 14.7 Å². The van der Waals surface area contributed by atoms with E-state index in [0.29, 0.717) is 5.56 Å². The lowest BCUT2D eigenvalue weighted by atomic mass is 10.0. The van der Waals surface area contributed by atoms with Crippen LogP contribution in [0.4, 0.5) is 0 Å². The topological polar surface area (TPSA) is 79.6 Å².